The van der Waals surface area contributed by atoms with Gasteiger partial charge in [-0.1, -0.05) is 33.2 Å². The third kappa shape index (κ3) is 2.04. The molecular formula is C13H11BrN4O. The summed E-state index contributed by atoms with van der Waals surface area (Å²) in [5.41, 5.74) is 9.44. The third-order valence-corrected chi connectivity index (χ3v) is 3.45. The largest absolute Gasteiger partial charge is 0.380 e. The summed E-state index contributed by atoms with van der Waals surface area (Å²) in [4.78, 5) is 0. The Bertz CT molecular complexity index is 715. The van der Waals surface area contributed by atoms with E-state index in [-0.39, 0.29) is 0 Å². The van der Waals surface area contributed by atoms with Gasteiger partial charge in [-0.3, -0.25) is 5.10 Å². The fourth-order valence-corrected chi connectivity index (χ4v) is 2.23. The first-order valence-corrected chi connectivity index (χ1v) is 6.47. The third-order valence-electron chi connectivity index (χ3n) is 2.93. The molecule has 3 aromatic rings. The Morgan fingerprint density at radius 2 is 2.00 bits per heavy atom. The average molecular weight is 319 g/mol. The zero-order chi connectivity index (χ0) is 13.4. The molecule has 0 saturated carbocycles. The number of H-pyrrole nitrogens is 1. The standard InChI is InChI=1S/C13H11BrN4O/c1-7-10(6-16-17-7)12-11(13(15)18-19-12)8-2-4-9(14)5-3-8/h2-6H,1H3,(H2,15,18)(H,16,17). The maximum Gasteiger partial charge on any atom is 0.180 e. The van der Waals surface area contributed by atoms with Crippen molar-refractivity contribution in [2.75, 3.05) is 5.73 Å². The van der Waals surface area contributed by atoms with Gasteiger partial charge in [-0.2, -0.15) is 5.10 Å². The number of nitrogens with two attached hydrogens (primary N) is 1. The van der Waals surface area contributed by atoms with E-state index in [9.17, 15) is 0 Å². The summed E-state index contributed by atoms with van der Waals surface area (Å²) in [6.07, 6.45) is 1.71. The van der Waals surface area contributed by atoms with E-state index in [2.05, 4.69) is 31.3 Å². The summed E-state index contributed by atoms with van der Waals surface area (Å²) < 4.78 is 6.37. The number of benzene rings is 1. The molecule has 5 nitrogen and oxygen atoms in total. The van der Waals surface area contributed by atoms with Crippen LogP contribution in [0.5, 0.6) is 0 Å². The van der Waals surface area contributed by atoms with Gasteiger partial charge in [-0.05, 0) is 24.6 Å². The smallest absolute Gasteiger partial charge is 0.180 e. The summed E-state index contributed by atoms with van der Waals surface area (Å²) in [7, 11) is 0. The number of nitrogens with one attached hydrogen (secondary N) is 1. The van der Waals surface area contributed by atoms with Crippen LogP contribution in [0.4, 0.5) is 5.82 Å². The Hall–Kier alpha value is -2.08. The first-order valence-electron chi connectivity index (χ1n) is 5.68. The summed E-state index contributed by atoms with van der Waals surface area (Å²) in [5.74, 6) is 1.00. The number of nitrogen functional groups attached to an aromatic ring is 1. The molecule has 2 heterocycles. The van der Waals surface area contributed by atoms with Crippen molar-refractivity contribution in [1.29, 1.82) is 0 Å². The van der Waals surface area contributed by atoms with Crippen molar-refractivity contribution in [3.8, 4) is 22.5 Å². The van der Waals surface area contributed by atoms with Gasteiger partial charge in [0.05, 0.1) is 17.3 Å². The molecule has 0 unspecified atom stereocenters. The van der Waals surface area contributed by atoms with Crippen LogP contribution in [-0.2, 0) is 0 Å². The quantitative estimate of drug-likeness (QED) is 0.759. The zero-order valence-electron chi connectivity index (χ0n) is 10.1. The van der Waals surface area contributed by atoms with Gasteiger partial charge in [0.25, 0.3) is 0 Å². The predicted octanol–water partition coefficient (Wildman–Crippen LogP) is 3.38. The monoisotopic (exact) mass is 318 g/mol. The highest BCUT2D eigenvalue weighted by atomic mass is 79.9. The lowest BCUT2D eigenvalue weighted by Gasteiger charge is -2.02. The van der Waals surface area contributed by atoms with Crippen molar-refractivity contribution in [3.05, 3.63) is 40.6 Å². The number of aromatic nitrogens is 3. The second-order valence-corrected chi connectivity index (χ2v) is 5.10. The molecule has 0 aliphatic heterocycles. The van der Waals surface area contributed by atoms with E-state index in [1.165, 1.54) is 0 Å². The van der Waals surface area contributed by atoms with E-state index in [0.29, 0.717) is 11.6 Å². The number of halogens is 1. The summed E-state index contributed by atoms with van der Waals surface area (Å²) >= 11 is 3.41. The van der Waals surface area contributed by atoms with Gasteiger partial charge in [-0.15, -0.1) is 0 Å². The SMILES string of the molecule is Cc1[nH]ncc1-c1onc(N)c1-c1ccc(Br)cc1. The van der Waals surface area contributed by atoms with Crippen LogP contribution in [0.2, 0.25) is 0 Å². The highest BCUT2D eigenvalue weighted by Gasteiger charge is 2.19. The molecule has 0 bridgehead atoms. The van der Waals surface area contributed by atoms with Crippen LogP contribution in [0, 0.1) is 6.92 Å². The number of aryl methyl sites for hydroxylation is 1. The Morgan fingerprint density at radius 1 is 1.26 bits per heavy atom. The number of rotatable bonds is 2. The lowest BCUT2D eigenvalue weighted by molar-refractivity contribution is 0.436. The highest BCUT2D eigenvalue weighted by molar-refractivity contribution is 9.10. The fourth-order valence-electron chi connectivity index (χ4n) is 1.96. The van der Waals surface area contributed by atoms with Crippen LogP contribution in [0.1, 0.15) is 5.69 Å². The van der Waals surface area contributed by atoms with Gasteiger partial charge in [0.1, 0.15) is 0 Å². The summed E-state index contributed by atoms with van der Waals surface area (Å²) in [5, 5.41) is 10.7. The highest BCUT2D eigenvalue weighted by Crippen LogP contribution is 2.37. The molecule has 1 aromatic carbocycles. The molecule has 0 amide bonds. The van der Waals surface area contributed by atoms with Crippen molar-refractivity contribution in [1.82, 2.24) is 15.4 Å². The predicted molar refractivity (Wildman–Crippen MR) is 76.4 cm³/mol. The molecule has 3 N–H and O–H groups in total. The molecular weight excluding hydrogens is 308 g/mol. The second-order valence-electron chi connectivity index (χ2n) is 4.19. The van der Waals surface area contributed by atoms with E-state index in [1.54, 1.807) is 6.20 Å². The van der Waals surface area contributed by atoms with Crippen LogP contribution in [0.3, 0.4) is 0 Å². The van der Waals surface area contributed by atoms with Gasteiger partial charge in [0, 0.05) is 10.2 Å². The van der Waals surface area contributed by atoms with Crippen molar-refractivity contribution in [2.45, 2.75) is 6.92 Å². The van der Waals surface area contributed by atoms with Crippen molar-refractivity contribution < 1.29 is 4.52 Å². The lowest BCUT2D eigenvalue weighted by Crippen LogP contribution is -1.89. The molecule has 0 saturated heterocycles. The van der Waals surface area contributed by atoms with E-state index in [1.807, 2.05) is 31.2 Å². The van der Waals surface area contributed by atoms with Crippen LogP contribution in [-0.4, -0.2) is 15.4 Å². The van der Waals surface area contributed by atoms with Gasteiger partial charge in [-0.25, -0.2) is 0 Å². The molecule has 0 aliphatic carbocycles. The van der Waals surface area contributed by atoms with Gasteiger partial charge in [0.2, 0.25) is 0 Å². The average Bonchev–Trinajstić information content (AvgIpc) is 2.97. The number of hydrogen-bond acceptors (Lipinski definition) is 4. The number of nitrogens with zero attached hydrogens (tertiary/aromatic N) is 2. The summed E-state index contributed by atoms with van der Waals surface area (Å²) in [6.45, 7) is 1.92. The normalized spacial score (nSPS) is 10.8. The number of aromatic amines is 1. The molecule has 0 radical (unpaired) electrons. The van der Waals surface area contributed by atoms with E-state index in [0.717, 1.165) is 26.9 Å². The van der Waals surface area contributed by atoms with Crippen molar-refractivity contribution in [2.24, 2.45) is 0 Å². The molecule has 0 fully saturated rings. The van der Waals surface area contributed by atoms with Crippen molar-refractivity contribution in [3.63, 3.8) is 0 Å². The minimum absolute atomic E-state index is 0.373. The van der Waals surface area contributed by atoms with Crippen LogP contribution < -0.4 is 5.73 Å². The van der Waals surface area contributed by atoms with Crippen molar-refractivity contribution >= 4 is 21.7 Å². The van der Waals surface area contributed by atoms with E-state index < -0.39 is 0 Å². The maximum absolute atomic E-state index is 5.92. The number of hydrogen-bond donors (Lipinski definition) is 2. The molecule has 19 heavy (non-hydrogen) atoms. The Kier molecular flexibility index (Phi) is 2.87. The van der Waals surface area contributed by atoms with Crippen LogP contribution in [0.25, 0.3) is 22.5 Å². The molecule has 0 atom stereocenters. The molecule has 3 rings (SSSR count). The van der Waals surface area contributed by atoms with Gasteiger partial charge >= 0.3 is 0 Å². The topological polar surface area (TPSA) is 80.7 Å². The first-order chi connectivity index (χ1) is 9.16. The van der Waals surface area contributed by atoms with Crippen LogP contribution in [0.15, 0.2) is 39.5 Å². The number of anilines is 1. The van der Waals surface area contributed by atoms with Crippen LogP contribution >= 0.6 is 15.9 Å². The minimum Gasteiger partial charge on any atom is -0.380 e. The van der Waals surface area contributed by atoms with E-state index >= 15 is 0 Å². The minimum atomic E-state index is 0.373. The first kappa shape index (κ1) is 12.0. The maximum atomic E-state index is 5.92. The molecule has 96 valence electrons. The molecule has 6 heteroatoms. The Labute approximate surface area is 117 Å². The second kappa shape index (κ2) is 4.55. The Morgan fingerprint density at radius 3 is 2.63 bits per heavy atom. The zero-order valence-corrected chi connectivity index (χ0v) is 11.7. The van der Waals surface area contributed by atoms with Gasteiger partial charge in [0.15, 0.2) is 11.6 Å². The fraction of sp³-hybridized carbons (Fsp3) is 0.0769. The van der Waals surface area contributed by atoms with E-state index in [4.69, 9.17) is 10.3 Å². The van der Waals surface area contributed by atoms with Gasteiger partial charge < -0.3 is 10.3 Å². The summed E-state index contributed by atoms with van der Waals surface area (Å²) in [6, 6.07) is 7.83. The molecule has 2 aromatic heterocycles. The molecule has 0 aliphatic rings. The Balaban J connectivity index is 2.19. The molecule has 0 spiro atoms. The lowest BCUT2D eigenvalue weighted by atomic mass is 10.0.